The molecule has 0 aliphatic heterocycles. The maximum atomic E-state index is 13.0. The fourth-order valence-corrected chi connectivity index (χ4v) is 4.26. The first-order valence-corrected chi connectivity index (χ1v) is 12.5. The lowest BCUT2D eigenvalue weighted by atomic mass is 10.0. The lowest BCUT2D eigenvalue weighted by Gasteiger charge is -2.20. The van der Waals surface area contributed by atoms with E-state index in [1.165, 1.54) is 0 Å². The van der Waals surface area contributed by atoms with Crippen LogP contribution in [0.15, 0.2) is 131 Å². The SMILES string of the molecule is O=C1C(Cl)=C(Nc2ccc(Nc3ccccc3)cc2)C(=O)C(Cl)=C1Nc1ccc(Nc2ccccc2)cc1. The average molecular weight is 541 g/mol. The van der Waals surface area contributed by atoms with Crippen LogP contribution in [0.1, 0.15) is 0 Å². The van der Waals surface area contributed by atoms with Gasteiger partial charge in [0.05, 0.1) is 0 Å². The highest BCUT2D eigenvalue weighted by Crippen LogP contribution is 2.32. The number of anilines is 6. The molecule has 4 N–H and O–H groups in total. The number of hydrogen-bond donors (Lipinski definition) is 4. The fourth-order valence-electron chi connectivity index (χ4n) is 3.81. The summed E-state index contributed by atoms with van der Waals surface area (Å²) in [5.41, 5.74) is 4.65. The second-order valence-electron chi connectivity index (χ2n) is 8.42. The molecule has 0 bridgehead atoms. The van der Waals surface area contributed by atoms with E-state index in [-0.39, 0.29) is 21.5 Å². The molecule has 8 heteroatoms. The highest BCUT2D eigenvalue weighted by Gasteiger charge is 2.33. The highest BCUT2D eigenvalue weighted by atomic mass is 35.5. The van der Waals surface area contributed by atoms with Gasteiger partial charge >= 0.3 is 0 Å². The first kappa shape index (κ1) is 25.1. The van der Waals surface area contributed by atoms with Crippen molar-refractivity contribution in [3.63, 3.8) is 0 Å². The molecule has 4 aromatic rings. The Morgan fingerprint density at radius 2 is 0.632 bits per heavy atom. The van der Waals surface area contributed by atoms with Crippen LogP contribution in [0.5, 0.6) is 0 Å². The zero-order valence-electron chi connectivity index (χ0n) is 20.0. The molecule has 1 aliphatic carbocycles. The zero-order valence-corrected chi connectivity index (χ0v) is 21.5. The van der Waals surface area contributed by atoms with E-state index in [0.29, 0.717) is 11.4 Å². The van der Waals surface area contributed by atoms with Crippen molar-refractivity contribution in [3.8, 4) is 0 Å². The van der Waals surface area contributed by atoms with E-state index in [1.807, 2.05) is 84.9 Å². The molecule has 0 fully saturated rings. The molecule has 0 unspecified atom stereocenters. The van der Waals surface area contributed by atoms with Crippen molar-refractivity contribution in [2.75, 3.05) is 21.3 Å². The summed E-state index contributed by atoms with van der Waals surface area (Å²) in [5.74, 6) is -1.15. The molecule has 188 valence electrons. The molecule has 0 aromatic heterocycles. The van der Waals surface area contributed by atoms with Crippen LogP contribution in [0.3, 0.4) is 0 Å². The number of hydrogen-bond acceptors (Lipinski definition) is 6. The van der Waals surface area contributed by atoms with Crippen molar-refractivity contribution in [2.24, 2.45) is 0 Å². The molecule has 0 amide bonds. The lowest BCUT2D eigenvalue weighted by Crippen LogP contribution is -2.27. The topological polar surface area (TPSA) is 82.3 Å². The zero-order chi connectivity index (χ0) is 26.5. The molecular weight excluding hydrogens is 519 g/mol. The number of para-hydroxylation sites is 2. The standard InChI is InChI=1S/C30H22Cl2N4O2/c31-25-27(35-23-15-11-21(12-16-23)33-19-7-3-1-4-8-19)29(37)26(32)28(30(25)38)36-24-17-13-22(14-18-24)34-20-9-5-2-6-10-20/h1-18,33-36H. The Hall–Kier alpha value is -4.52. The number of ketones is 2. The van der Waals surface area contributed by atoms with Gasteiger partial charge in [-0.2, -0.15) is 0 Å². The molecule has 0 atom stereocenters. The summed E-state index contributed by atoms with van der Waals surface area (Å²) in [6, 6.07) is 34.0. The summed E-state index contributed by atoms with van der Waals surface area (Å²) < 4.78 is 0. The average Bonchev–Trinajstić information content (AvgIpc) is 2.95. The number of nitrogens with one attached hydrogen (secondary N) is 4. The number of halogens is 2. The van der Waals surface area contributed by atoms with Gasteiger partial charge in [-0.25, -0.2) is 0 Å². The van der Waals surface area contributed by atoms with Gasteiger partial charge in [0.2, 0.25) is 11.6 Å². The predicted molar refractivity (Wildman–Crippen MR) is 155 cm³/mol. The van der Waals surface area contributed by atoms with Gasteiger partial charge in [0.15, 0.2) is 0 Å². The molecule has 0 radical (unpaired) electrons. The number of carbonyl (C=O) groups is 2. The maximum Gasteiger partial charge on any atom is 0.224 e. The van der Waals surface area contributed by atoms with Crippen LogP contribution in [0.2, 0.25) is 0 Å². The Morgan fingerprint density at radius 3 is 0.947 bits per heavy atom. The van der Waals surface area contributed by atoms with Crippen LogP contribution in [0.4, 0.5) is 34.1 Å². The Bertz CT molecular complexity index is 1410. The van der Waals surface area contributed by atoms with E-state index in [9.17, 15) is 9.59 Å². The number of Topliss-reactive ketones (excluding diaryl/α,β-unsaturated/α-hetero) is 2. The summed E-state index contributed by atoms with van der Waals surface area (Å²) in [7, 11) is 0. The molecule has 0 saturated heterocycles. The third kappa shape index (κ3) is 5.72. The first-order chi connectivity index (χ1) is 18.5. The van der Waals surface area contributed by atoms with Crippen LogP contribution in [-0.2, 0) is 9.59 Å². The van der Waals surface area contributed by atoms with Gasteiger partial charge in [-0.1, -0.05) is 59.6 Å². The van der Waals surface area contributed by atoms with Crippen LogP contribution < -0.4 is 21.3 Å². The summed E-state index contributed by atoms with van der Waals surface area (Å²) in [6.45, 7) is 0. The minimum absolute atomic E-state index is 0.0709. The van der Waals surface area contributed by atoms with Gasteiger partial charge in [0, 0.05) is 34.1 Å². The monoisotopic (exact) mass is 540 g/mol. The number of carbonyl (C=O) groups excluding carboxylic acids is 2. The highest BCUT2D eigenvalue weighted by molar-refractivity contribution is 6.56. The molecule has 5 rings (SSSR count). The normalized spacial score (nSPS) is 13.4. The van der Waals surface area contributed by atoms with Crippen molar-refractivity contribution < 1.29 is 9.59 Å². The quantitative estimate of drug-likeness (QED) is 0.171. The lowest BCUT2D eigenvalue weighted by molar-refractivity contribution is -0.115. The molecule has 0 spiro atoms. The van der Waals surface area contributed by atoms with E-state index in [2.05, 4.69) is 21.3 Å². The van der Waals surface area contributed by atoms with Crippen LogP contribution in [-0.4, -0.2) is 11.6 Å². The largest absolute Gasteiger partial charge is 0.356 e. The smallest absolute Gasteiger partial charge is 0.224 e. The van der Waals surface area contributed by atoms with Crippen molar-refractivity contribution >= 4 is 68.9 Å². The van der Waals surface area contributed by atoms with Crippen molar-refractivity contribution in [1.82, 2.24) is 0 Å². The number of allylic oxidation sites excluding steroid dienone is 2. The van der Waals surface area contributed by atoms with Crippen LogP contribution in [0, 0.1) is 0 Å². The molecule has 6 nitrogen and oxygen atoms in total. The van der Waals surface area contributed by atoms with E-state index < -0.39 is 11.6 Å². The summed E-state index contributed by atoms with van der Waals surface area (Å²) >= 11 is 12.7. The Balaban J connectivity index is 1.26. The van der Waals surface area contributed by atoms with Crippen molar-refractivity contribution in [1.29, 1.82) is 0 Å². The summed E-state index contributed by atoms with van der Waals surface area (Å²) in [5, 5.41) is 12.0. The van der Waals surface area contributed by atoms with Crippen LogP contribution >= 0.6 is 23.2 Å². The molecule has 0 heterocycles. The van der Waals surface area contributed by atoms with E-state index in [1.54, 1.807) is 24.3 Å². The predicted octanol–water partition coefficient (Wildman–Crippen LogP) is 7.75. The van der Waals surface area contributed by atoms with Crippen molar-refractivity contribution in [2.45, 2.75) is 0 Å². The summed E-state index contributed by atoms with van der Waals surface area (Å²) in [4.78, 5) is 26.1. The Kier molecular flexibility index (Phi) is 7.45. The molecule has 0 saturated carbocycles. The molecule has 4 aromatic carbocycles. The number of rotatable bonds is 8. The Labute approximate surface area is 230 Å². The second-order valence-corrected chi connectivity index (χ2v) is 9.18. The van der Waals surface area contributed by atoms with Gasteiger partial charge < -0.3 is 21.3 Å². The van der Waals surface area contributed by atoms with E-state index in [4.69, 9.17) is 23.2 Å². The molecular formula is C30H22Cl2N4O2. The van der Waals surface area contributed by atoms with Crippen LogP contribution in [0.25, 0.3) is 0 Å². The second kappa shape index (κ2) is 11.3. The summed E-state index contributed by atoms with van der Waals surface area (Å²) in [6.07, 6.45) is 0. The van der Waals surface area contributed by atoms with Gasteiger partial charge in [-0.3, -0.25) is 9.59 Å². The third-order valence-corrected chi connectivity index (χ3v) is 6.45. The van der Waals surface area contributed by atoms with E-state index in [0.717, 1.165) is 22.7 Å². The molecule has 1 aliphatic rings. The molecule has 38 heavy (non-hydrogen) atoms. The first-order valence-electron chi connectivity index (χ1n) is 11.8. The van der Waals surface area contributed by atoms with Gasteiger partial charge in [0.1, 0.15) is 21.5 Å². The maximum absolute atomic E-state index is 13.0. The fraction of sp³-hybridized carbons (Fsp3) is 0. The third-order valence-electron chi connectivity index (χ3n) is 5.73. The van der Waals surface area contributed by atoms with Gasteiger partial charge in [-0.05, 0) is 72.8 Å². The van der Waals surface area contributed by atoms with Crippen molar-refractivity contribution in [3.05, 3.63) is 131 Å². The minimum Gasteiger partial charge on any atom is -0.356 e. The Morgan fingerprint density at radius 1 is 0.368 bits per heavy atom. The minimum atomic E-state index is -0.576. The van der Waals surface area contributed by atoms with Gasteiger partial charge in [-0.15, -0.1) is 0 Å². The number of benzene rings is 4. The van der Waals surface area contributed by atoms with Gasteiger partial charge in [0.25, 0.3) is 0 Å². The van der Waals surface area contributed by atoms with E-state index >= 15 is 0 Å².